The van der Waals surface area contributed by atoms with Crippen LogP contribution in [0.1, 0.15) is 46.5 Å². The van der Waals surface area contributed by atoms with Crippen LogP contribution in [0.2, 0.25) is 0 Å². The Morgan fingerprint density at radius 3 is 2.39 bits per heavy atom. The molecule has 0 amide bonds. The molecule has 1 saturated carbocycles. The van der Waals surface area contributed by atoms with E-state index in [2.05, 4.69) is 6.92 Å². The molecular weight excluding hydrogens is 248 g/mol. The molecule has 2 N–H and O–H groups in total. The molecule has 5 heteroatoms. The molecule has 1 aliphatic carbocycles. The van der Waals surface area contributed by atoms with Crippen molar-refractivity contribution in [3.8, 4) is 0 Å². The van der Waals surface area contributed by atoms with E-state index in [0.717, 1.165) is 13.0 Å². The molecule has 0 aromatic rings. The molecule has 18 heavy (non-hydrogen) atoms. The monoisotopic (exact) mass is 270 g/mol. The second kappa shape index (κ2) is 4.87. The minimum atomic E-state index is -1.40. The van der Waals surface area contributed by atoms with Crippen molar-refractivity contribution in [1.29, 1.82) is 5.41 Å². The highest BCUT2D eigenvalue weighted by Gasteiger charge is 2.51. The summed E-state index contributed by atoms with van der Waals surface area (Å²) in [4.78, 5) is 0.276. The number of allylic oxidation sites excluding steroid dienone is 2. The predicted octanol–water partition coefficient (Wildman–Crippen LogP) is 2.74. The van der Waals surface area contributed by atoms with Gasteiger partial charge in [-0.3, -0.25) is 0 Å². The topological polar surface area (TPSA) is 70.4 Å². The first-order chi connectivity index (χ1) is 8.36. The van der Waals surface area contributed by atoms with Crippen LogP contribution in [0.25, 0.3) is 0 Å². The van der Waals surface area contributed by atoms with E-state index in [1.165, 1.54) is 26.2 Å². The standard InChI is InChI=1S/C13H22N2O2S/c1-9-7-13(5-4-6-13)8-15(9)18(17)12(10(2)14)11(3)16/h9,14,16H,4-8H2,1-3H3/b12-11+,14-10?. The van der Waals surface area contributed by atoms with Crippen LogP contribution in [0.15, 0.2) is 10.7 Å². The maximum atomic E-state index is 12.5. The fourth-order valence-electron chi connectivity index (χ4n) is 3.19. The van der Waals surface area contributed by atoms with Crippen molar-refractivity contribution in [1.82, 2.24) is 4.31 Å². The Morgan fingerprint density at radius 1 is 1.44 bits per heavy atom. The zero-order valence-electron chi connectivity index (χ0n) is 11.3. The zero-order valence-corrected chi connectivity index (χ0v) is 12.1. The summed E-state index contributed by atoms with van der Waals surface area (Å²) in [5.41, 5.74) is 0.550. The molecule has 1 aliphatic heterocycles. The van der Waals surface area contributed by atoms with Crippen LogP contribution in [0, 0.1) is 10.8 Å². The Hall–Kier alpha value is -0.520. The van der Waals surface area contributed by atoms with E-state index >= 15 is 0 Å². The Labute approximate surface area is 112 Å². The Morgan fingerprint density at radius 2 is 2.06 bits per heavy atom. The maximum absolute atomic E-state index is 12.5. The minimum absolute atomic E-state index is 0.00240. The van der Waals surface area contributed by atoms with Gasteiger partial charge in [0.25, 0.3) is 0 Å². The number of hydrogen-bond donors (Lipinski definition) is 2. The third kappa shape index (κ3) is 2.31. The SMILES string of the molecule is CC(=N)/C(=C(/C)O)[S+]([O-])N1CC2(CCC2)CC1C. The summed E-state index contributed by atoms with van der Waals surface area (Å²) in [6, 6.07) is 0.264. The summed E-state index contributed by atoms with van der Waals surface area (Å²) in [5, 5.41) is 17.3. The first kappa shape index (κ1) is 13.9. The van der Waals surface area contributed by atoms with E-state index in [4.69, 9.17) is 5.41 Å². The number of nitrogens with zero attached hydrogens (tertiary/aromatic N) is 1. The molecule has 2 atom stereocenters. The number of nitrogens with one attached hydrogen (secondary N) is 1. The lowest BCUT2D eigenvalue weighted by Gasteiger charge is -2.37. The average Bonchev–Trinajstić information content (AvgIpc) is 2.54. The second-order valence-corrected chi connectivity index (χ2v) is 7.15. The second-order valence-electron chi connectivity index (χ2n) is 5.77. The van der Waals surface area contributed by atoms with Gasteiger partial charge in [-0.25, -0.2) is 0 Å². The van der Waals surface area contributed by atoms with Gasteiger partial charge in [0.1, 0.15) is 5.76 Å². The lowest BCUT2D eigenvalue weighted by molar-refractivity contribution is 0.152. The van der Waals surface area contributed by atoms with Crippen LogP contribution >= 0.6 is 0 Å². The van der Waals surface area contributed by atoms with Gasteiger partial charge in [0.15, 0.2) is 0 Å². The van der Waals surface area contributed by atoms with Gasteiger partial charge >= 0.3 is 0 Å². The molecule has 1 saturated heterocycles. The summed E-state index contributed by atoms with van der Waals surface area (Å²) in [6.45, 7) is 6.01. The largest absolute Gasteiger partial charge is 0.593 e. The van der Waals surface area contributed by atoms with E-state index in [-0.39, 0.29) is 22.4 Å². The smallest absolute Gasteiger partial charge is 0.231 e. The summed E-state index contributed by atoms with van der Waals surface area (Å²) in [6.07, 6.45) is 4.82. The summed E-state index contributed by atoms with van der Waals surface area (Å²) in [5.74, 6) is 0.00240. The number of rotatable bonds is 3. The summed E-state index contributed by atoms with van der Waals surface area (Å²) in [7, 11) is 0. The highest BCUT2D eigenvalue weighted by molar-refractivity contribution is 7.94. The van der Waals surface area contributed by atoms with Crippen molar-refractivity contribution < 1.29 is 9.66 Å². The summed E-state index contributed by atoms with van der Waals surface area (Å²) >= 11 is -1.40. The lowest BCUT2D eigenvalue weighted by Crippen LogP contribution is -2.39. The Bertz CT molecular complexity index is 386. The number of hydrogen-bond acceptors (Lipinski definition) is 4. The van der Waals surface area contributed by atoms with Gasteiger partial charge in [-0.05, 0) is 45.4 Å². The lowest BCUT2D eigenvalue weighted by atomic mass is 9.68. The third-order valence-corrected chi connectivity index (χ3v) is 6.05. The van der Waals surface area contributed by atoms with Gasteiger partial charge in [-0.2, -0.15) is 0 Å². The van der Waals surface area contributed by atoms with Crippen molar-refractivity contribution in [2.45, 2.75) is 52.5 Å². The Kier molecular flexibility index (Phi) is 3.76. The molecule has 2 unspecified atom stereocenters. The van der Waals surface area contributed by atoms with Crippen LogP contribution in [0.5, 0.6) is 0 Å². The van der Waals surface area contributed by atoms with E-state index in [1.807, 2.05) is 4.31 Å². The van der Waals surface area contributed by atoms with Crippen LogP contribution in [0.3, 0.4) is 0 Å². The predicted molar refractivity (Wildman–Crippen MR) is 73.9 cm³/mol. The van der Waals surface area contributed by atoms with Crippen LogP contribution in [-0.2, 0) is 11.4 Å². The first-order valence-corrected chi connectivity index (χ1v) is 7.61. The highest BCUT2D eigenvalue weighted by atomic mass is 32.2. The normalized spacial score (nSPS) is 29.9. The van der Waals surface area contributed by atoms with Gasteiger partial charge in [0, 0.05) is 0 Å². The molecule has 102 valence electrons. The molecule has 0 bridgehead atoms. The molecule has 0 radical (unpaired) electrons. The van der Waals surface area contributed by atoms with E-state index in [9.17, 15) is 9.66 Å². The zero-order chi connectivity index (χ0) is 13.5. The fraction of sp³-hybridized carbons (Fsp3) is 0.769. The quantitative estimate of drug-likeness (QED) is 0.470. The highest BCUT2D eigenvalue weighted by Crippen LogP contribution is 2.51. The molecule has 1 heterocycles. The van der Waals surface area contributed by atoms with Gasteiger partial charge < -0.3 is 15.1 Å². The molecule has 2 fully saturated rings. The first-order valence-electron chi connectivity index (χ1n) is 6.50. The molecule has 2 aliphatic rings. The van der Waals surface area contributed by atoms with Crippen molar-refractivity contribution >= 4 is 17.1 Å². The van der Waals surface area contributed by atoms with Crippen molar-refractivity contribution in [3.05, 3.63) is 10.7 Å². The molecular formula is C13H22N2O2S. The van der Waals surface area contributed by atoms with E-state index in [1.54, 1.807) is 6.92 Å². The minimum Gasteiger partial charge on any atom is -0.593 e. The Balaban J connectivity index is 2.16. The van der Waals surface area contributed by atoms with Crippen molar-refractivity contribution in [2.75, 3.05) is 6.54 Å². The van der Waals surface area contributed by atoms with Crippen molar-refractivity contribution in [2.24, 2.45) is 5.41 Å². The van der Waals surface area contributed by atoms with E-state index < -0.39 is 11.4 Å². The van der Waals surface area contributed by atoms with Gasteiger partial charge in [0.2, 0.25) is 4.91 Å². The fourth-order valence-corrected chi connectivity index (χ4v) is 4.73. The van der Waals surface area contributed by atoms with Crippen LogP contribution in [0.4, 0.5) is 0 Å². The summed E-state index contributed by atoms with van der Waals surface area (Å²) < 4.78 is 14.5. The van der Waals surface area contributed by atoms with Gasteiger partial charge in [0.05, 0.1) is 29.7 Å². The van der Waals surface area contributed by atoms with E-state index in [0.29, 0.717) is 5.41 Å². The molecule has 2 rings (SSSR count). The third-order valence-electron chi connectivity index (χ3n) is 4.18. The molecule has 0 aromatic heterocycles. The number of aliphatic hydroxyl groups is 1. The van der Waals surface area contributed by atoms with Crippen molar-refractivity contribution in [3.63, 3.8) is 0 Å². The maximum Gasteiger partial charge on any atom is 0.231 e. The van der Waals surface area contributed by atoms with Crippen LogP contribution in [-0.4, -0.2) is 32.3 Å². The molecule has 1 spiro atoms. The average molecular weight is 270 g/mol. The molecule has 4 nitrogen and oxygen atoms in total. The van der Waals surface area contributed by atoms with Gasteiger partial charge in [-0.15, -0.1) is 4.31 Å². The van der Waals surface area contributed by atoms with Gasteiger partial charge in [-0.1, -0.05) is 6.42 Å². The number of aliphatic hydroxyl groups excluding tert-OH is 1. The van der Waals surface area contributed by atoms with Crippen LogP contribution < -0.4 is 0 Å². The molecule has 0 aromatic carbocycles.